The molecule has 196 valence electrons. The van der Waals surface area contributed by atoms with Crippen LogP contribution < -0.4 is 10.6 Å². The number of hydrogen-bond donors (Lipinski definition) is 2. The van der Waals surface area contributed by atoms with Crippen LogP contribution in [0.15, 0.2) is 60.7 Å². The van der Waals surface area contributed by atoms with Crippen molar-refractivity contribution in [3.63, 3.8) is 0 Å². The van der Waals surface area contributed by atoms with Gasteiger partial charge in [0.25, 0.3) is 5.91 Å². The zero-order valence-electron chi connectivity index (χ0n) is 22.6. The molecule has 7 heteroatoms. The van der Waals surface area contributed by atoms with Gasteiger partial charge in [-0.05, 0) is 80.6 Å². The average molecular weight is 504 g/mol. The van der Waals surface area contributed by atoms with Crippen molar-refractivity contribution in [2.45, 2.75) is 59.6 Å². The van der Waals surface area contributed by atoms with E-state index in [1.807, 2.05) is 81.4 Å². The molecule has 3 aromatic rings. The van der Waals surface area contributed by atoms with Gasteiger partial charge in [-0.15, -0.1) is 0 Å². The van der Waals surface area contributed by atoms with Crippen molar-refractivity contribution in [1.29, 1.82) is 0 Å². The number of fused-ring (bicyclic) bond motifs is 1. The number of hydrogen-bond acceptors (Lipinski definition) is 4. The van der Waals surface area contributed by atoms with Crippen LogP contribution in [0.25, 0.3) is 10.8 Å². The second kappa shape index (κ2) is 11.9. The monoisotopic (exact) mass is 503 g/mol. The fourth-order valence-corrected chi connectivity index (χ4v) is 4.09. The Labute approximate surface area is 219 Å². The summed E-state index contributed by atoms with van der Waals surface area (Å²) >= 11 is 0. The number of nitrogens with zero attached hydrogens (tertiary/aromatic N) is 1. The molecule has 37 heavy (non-hydrogen) atoms. The van der Waals surface area contributed by atoms with E-state index in [1.165, 1.54) is 4.90 Å². The summed E-state index contributed by atoms with van der Waals surface area (Å²) in [5, 5.41) is 7.62. The summed E-state index contributed by atoms with van der Waals surface area (Å²) in [5.41, 5.74) is 2.79. The van der Waals surface area contributed by atoms with E-state index in [4.69, 9.17) is 4.74 Å². The van der Waals surface area contributed by atoms with E-state index in [2.05, 4.69) is 10.6 Å². The van der Waals surface area contributed by atoms with Crippen molar-refractivity contribution in [1.82, 2.24) is 10.2 Å². The lowest BCUT2D eigenvalue weighted by Gasteiger charge is -2.32. The number of carbonyl (C=O) groups excluding carboxylic acids is 3. The maximum Gasteiger partial charge on any atom is 0.408 e. The molecule has 0 heterocycles. The SMILES string of the molecule is CCCN(C(=O)CNC(=O)OC(C)(C)C)C(C(=O)Nc1ccc2ccccc2c1)c1ccc(C)c(C)c1. The lowest BCUT2D eigenvalue weighted by Crippen LogP contribution is -2.46. The summed E-state index contributed by atoms with van der Waals surface area (Å²) in [4.78, 5) is 40.8. The molecular weight excluding hydrogens is 466 g/mol. The summed E-state index contributed by atoms with van der Waals surface area (Å²) in [6, 6.07) is 18.5. The third-order valence-corrected chi connectivity index (χ3v) is 5.99. The summed E-state index contributed by atoms with van der Waals surface area (Å²) in [5.74, 6) is -0.692. The number of rotatable bonds is 8. The van der Waals surface area contributed by atoms with Crippen molar-refractivity contribution < 1.29 is 19.1 Å². The second-order valence-corrected chi connectivity index (χ2v) is 10.2. The second-order valence-electron chi connectivity index (χ2n) is 10.2. The van der Waals surface area contributed by atoms with E-state index in [0.717, 1.165) is 21.9 Å². The van der Waals surface area contributed by atoms with Gasteiger partial charge in [0.2, 0.25) is 5.91 Å². The highest BCUT2D eigenvalue weighted by molar-refractivity contribution is 6.00. The molecule has 1 atom stereocenters. The van der Waals surface area contributed by atoms with Crippen LogP contribution in [-0.2, 0) is 14.3 Å². The van der Waals surface area contributed by atoms with Crippen molar-refractivity contribution >= 4 is 34.4 Å². The Morgan fingerprint density at radius 3 is 2.27 bits per heavy atom. The van der Waals surface area contributed by atoms with Crippen molar-refractivity contribution in [3.8, 4) is 0 Å². The third kappa shape index (κ3) is 7.56. The number of ether oxygens (including phenoxy) is 1. The molecule has 1 unspecified atom stereocenters. The molecule has 0 aliphatic rings. The highest BCUT2D eigenvalue weighted by Crippen LogP contribution is 2.27. The van der Waals surface area contributed by atoms with Crippen molar-refractivity contribution in [2.24, 2.45) is 0 Å². The molecule has 0 aliphatic heterocycles. The van der Waals surface area contributed by atoms with E-state index in [1.54, 1.807) is 20.8 Å². The summed E-state index contributed by atoms with van der Waals surface area (Å²) < 4.78 is 5.26. The first kappa shape index (κ1) is 27.7. The Bertz CT molecular complexity index is 1280. The largest absolute Gasteiger partial charge is 0.444 e. The number of amides is 3. The minimum Gasteiger partial charge on any atom is -0.444 e. The first-order chi connectivity index (χ1) is 17.5. The quantitative estimate of drug-likeness (QED) is 0.401. The fraction of sp³-hybridized carbons (Fsp3) is 0.367. The van der Waals surface area contributed by atoms with E-state index in [-0.39, 0.29) is 18.4 Å². The Morgan fingerprint density at radius 1 is 0.919 bits per heavy atom. The molecule has 0 aromatic heterocycles. The Hall–Kier alpha value is -3.87. The van der Waals surface area contributed by atoms with Crippen LogP contribution in [-0.4, -0.2) is 41.5 Å². The molecule has 7 nitrogen and oxygen atoms in total. The zero-order chi connectivity index (χ0) is 27.2. The molecular formula is C30H37N3O4. The van der Waals surface area contributed by atoms with Crippen LogP contribution in [0.5, 0.6) is 0 Å². The van der Waals surface area contributed by atoms with Crippen LogP contribution in [0.2, 0.25) is 0 Å². The highest BCUT2D eigenvalue weighted by Gasteiger charge is 2.32. The lowest BCUT2D eigenvalue weighted by atomic mass is 9.98. The molecule has 0 fully saturated rings. The minimum atomic E-state index is -0.876. The predicted octanol–water partition coefficient (Wildman–Crippen LogP) is 5.90. The van der Waals surface area contributed by atoms with Crippen LogP contribution >= 0.6 is 0 Å². The number of nitrogens with one attached hydrogen (secondary N) is 2. The molecule has 0 spiro atoms. The van der Waals surface area contributed by atoms with E-state index in [9.17, 15) is 14.4 Å². The van der Waals surface area contributed by atoms with Gasteiger partial charge in [0.05, 0.1) is 0 Å². The maximum atomic E-state index is 13.8. The van der Waals surface area contributed by atoms with Crippen molar-refractivity contribution in [3.05, 3.63) is 77.4 Å². The smallest absolute Gasteiger partial charge is 0.408 e. The highest BCUT2D eigenvalue weighted by atomic mass is 16.6. The first-order valence-electron chi connectivity index (χ1n) is 12.6. The van der Waals surface area contributed by atoms with Gasteiger partial charge in [0.15, 0.2) is 0 Å². The van der Waals surface area contributed by atoms with Gasteiger partial charge < -0.3 is 20.3 Å². The van der Waals surface area contributed by atoms with E-state index >= 15 is 0 Å². The molecule has 0 saturated carbocycles. The molecule has 2 N–H and O–H groups in total. The maximum absolute atomic E-state index is 13.8. The number of carbonyl (C=O) groups is 3. The predicted molar refractivity (Wildman–Crippen MR) is 147 cm³/mol. The minimum absolute atomic E-state index is 0.278. The van der Waals surface area contributed by atoms with Crippen LogP contribution in [0.4, 0.5) is 10.5 Å². The van der Waals surface area contributed by atoms with Crippen molar-refractivity contribution in [2.75, 3.05) is 18.4 Å². The standard InChI is InChI=1S/C30H37N3O4/c1-7-16-33(26(34)19-31-29(36)37-30(4,5)6)27(24-13-12-20(2)21(3)17-24)28(35)32-25-15-14-22-10-8-9-11-23(22)18-25/h8-15,17-18,27H,7,16,19H2,1-6H3,(H,31,36)(H,32,35). The van der Waals surface area contributed by atoms with Crippen LogP contribution in [0, 0.1) is 13.8 Å². The van der Waals surface area contributed by atoms with Gasteiger partial charge >= 0.3 is 6.09 Å². The number of anilines is 1. The summed E-state index contributed by atoms with van der Waals surface area (Å²) in [6.45, 7) is 11.3. The Balaban J connectivity index is 1.91. The zero-order valence-corrected chi connectivity index (χ0v) is 22.6. The van der Waals surface area contributed by atoms with Gasteiger partial charge in [0, 0.05) is 12.2 Å². The Kier molecular flexibility index (Phi) is 8.92. The number of benzene rings is 3. The van der Waals surface area contributed by atoms with E-state index < -0.39 is 17.7 Å². The molecule has 0 bridgehead atoms. The lowest BCUT2D eigenvalue weighted by molar-refractivity contribution is -0.138. The summed E-state index contributed by atoms with van der Waals surface area (Å²) in [7, 11) is 0. The van der Waals surface area contributed by atoms with Gasteiger partial charge in [0.1, 0.15) is 18.2 Å². The fourth-order valence-electron chi connectivity index (χ4n) is 4.09. The molecule has 0 aliphatic carbocycles. The normalized spacial score (nSPS) is 12.1. The molecule has 3 amide bonds. The first-order valence-corrected chi connectivity index (χ1v) is 12.6. The van der Waals surface area contributed by atoms with E-state index in [0.29, 0.717) is 24.2 Å². The van der Waals surface area contributed by atoms with Gasteiger partial charge in [-0.1, -0.05) is 55.5 Å². The molecule has 3 rings (SSSR count). The van der Waals surface area contributed by atoms with Crippen LogP contribution in [0.1, 0.15) is 56.8 Å². The Morgan fingerprint density at radius 2 is 1.62 bits per heavy atom. The third-order valence-electron chi connectivity index (χ3n) is 5.99. The molecule has 3 aromatic carbocycles. The topological polar surface area (TPSA) is 87.7 Å². The average Bonchev–Trinajstić information content (AvgIpc) is 2.83. The van der Waals surface area contributed by atoms with Gasteiger partial charge in [-0.2, -0.15) is 0 Å². The summed E-state index contributed by atoms with van der Waals surface area (Å²) in [6.07, 6.45) is -0.0383. The number of alkyl carbamates (subject to hydrolysis) is 1. The molecule has 0 radical (unpaired) electrons. The van der Waals surface area contributed by atoms with Crippen LogP contribution in [0.3, 0.4) is 0 Å². The van der Waals surface area contributed by atoms with Gasteiger partial charge in [-0.25, -0.2) is 4.79 Å². The number of aryl methyl sites for hydroxylation is 2. The van der Waals surface area contributed by atoms with Gasteiger partial charge in [-0.3, -0.25) is 9.59 Å². The molecule has 0 saturated heterocycles.